The maximum absolute atomic E-state index is 11.4. The number of carboxylic acids is 1. The van der Waals surface area contributed by atoms with Crippen LogP contribution in [0, 0.1) is 0 Å². The van der Waals surface area contributed by atoms with Gasteiger partial charge in [0.1, 0.15) is 5.60 Å². The number of nitrogens with two attached hydrogens (primary N) is 1. The number of rotatable bonds is 3. The minimum atomic E-state index is -1.31. The average molecular weight is 274 g/mol. The van der Waals surface area contributed by atoms with Crippen molar-refractivity contribution in [3.8, 4) is 0 Å². The van der Waals surface area contributed by atoms with Gasteiger partial charge in [-0.1, -0.05) is 0 Å². The molecular weight excluding hydrogens is 260 g/mol. The molecule has 0 fully saturated rings. The molecule has 0 saturated carbocycles. The van der Waals surface area contributed by atoms with Crippen molar-refractivity contribution >= 4 is 28.7 Å². The van der Waals surface area contributed by atoms with Crippen LogP contribution in [0.3, 0.4) is 0 Å². The molecule has 0 bridgehead atoms. The molecule has 1 amide bonds. The lowest BCUT2D eigenvalue weighted by Crippen LogP contribution is -2.27. The quantitative estimate of drug-likeness (QED) is 0.749. The minimum absolute atomic E-state index is 0.0569. The van der Waals surface area contributed by atoms with Crippen molar-refractivity contribution in [3.63, 3.8) is 0 Å². The van der Waals surface area contributed by atoms with Crippen molar-refractivity contribution in [1.29, 1.82) is 0 Å². The largest absolute Gasteiger partial charge is 0.480 e. The highest BCUT2D eigenvalue weighted by atomic mass is 32.1. The Hall–Kier alpha value is -1.74. The summed E-state index contributed by atoms with van der Waals surface area (Å²) < 4.78 is 8.74. The molecule has 0 aliphatic carbocycles. The van der Waals surface area contributed by atoms with Gasteiger partial charge >= 0.3 is 12.1 Å². The zero-order chi connectivity index (χ0) is 13.9. The fourth-order valence-electron chi connectivity index (χ4n) is 0.913. The van der Waals surface area contributed by atoms with Gasteiger partial charge in [-0.15, -0.1) is 0 Å². The van der Waals surface area contributed by atoms with Crippen LogP contribution in [0.1, 0.15) is 32.6 Å². The van der Waals surface area contributed by atoms with Crippen LogP contribution in [0.4, 0.5) is 9.93 Å². The molecule has 0 spiro atoms. The third kappa shape index (κ3) is 4.26. The van der Waals surface area contributed by atoms with Crippen molar-refractivity contribution in [3.05, 3.63) is 5.82 Å². The Morgan fingerprint density at radius 1 is 1.50 bits per heavy atom. The Kier molecular flexibility index (Phi) is 4.19. The number of aliphatic carboxylic acids is 1. The molecule has 1 heterocycles. The molecule has 9 heteroatoms. The van der Waals surface area contributed by atoms with Crippen LogP contribution in [-0.4, -0.2) is 32.1 Å². The van der Waals surface area contributed by atoms with Crippen LogP contribution < -0.4 is 11.1 Å². The molecule has 18 heavy (non-hydrogen) atoms. The van der Waals surface area contributed by atoms with E-state index in [4.69, 9.17) is 15.6 Å². The molecular formula is C9H14N4O4S. The van der Waals surface area contributed by atoms with Gasteiger partial charge in [0.05, 0.1) is 0 Å². The normalized spacial score (nSPS) is 12.9. The van der Waals surface area contributed by atoms with Crippen LogP contribution in [0.5, 0.6) is 0 Å². The molecule has 1 aromatic rings. The molecule has 0 saturated heterocycles. The second-order valence-electron chi connectivity index (χ2n) is 4.40. The first-order valence-corrected chi connectivity index (χ1v) is 5.78. The van der Waals surface area contributed by atoms with E-state index in [0.717, 1.165) is 11.5 Å². The highest BCUT2D eigenvalue weighted by Crippen LogP contribution is 2.16. The summed E-state index contributed by atoms with van der Waals surface area (Å²) in [4.78, 5) is 25.8. The molecule has 1 aromatic heterocycles. The number of carboxylic acid groups (broad SMARTS) is 1. The number of amides is 1. The summed E-state index contributed by atoms with van der Waals surface area (Å²) in [5, 5.41) is 11.2. The number of hydrogen-bond donors (Lipinski definition) is 3. The number of nitrogens with zero attached hydrogens (tertiary/aromatic N) is 2. The number of anilines is 1. The monoisotopic (exact) mass is 274 g/mol. The molecule has 4 N–H and O–H groups in total. The van der Waals surface area contributed by atoms with Crippen molar-refractivity contribution in [2.75, 3.05) is 5.32 Å². The molecule has 1 unspecified atom stereocenters. The summed E-state index contributed by atoms with van der Waals surface area (Å²) in [6.45, 7) is 5.16. The number of hydrogen-bond acceptors (Lipinski definition) is 7. The lowest BCUT2D eigenvalue weighted by Gasteiger charge is -2.18. The smallest absolute Gasteiger partial charge is 0.414 e. The van der Waals surface area contributed by atoms with Crippen LogP contribution >= 0.6 is 11.5 Å². The van der Waals surface area contributed by atoms with E-state index in [0.29, 0.717) is 0 Å². The Morgan fingerprint density at radius 3 is 2.61 bits per heavy atom. The zero-order valence-electron chi connectivity index (χ0n) is 10.1. The first-order chi connectivity index (χ1) is 8.19. The maximum atomic E-state index is 11.4. The van der Waals surface area contributed by atoms with Crippen LogP contribution in [0.2, 0.25) is 0 Å². The van der Waals surface area contributed by atoms with Gasteiger partial charge in [-0.2, -0.15) is 4.37 Å². The summed E-state index contributed by atoms with van der Waals surface area (Å²) >= 11 is 0.833. The zero-order valence-corrected chi connectivity index (χ0v) is 10.9. The lowest BCUT2D eigenvalue weighted by atomic mass is 10.2. The standard InChI is InChI=1S/C9H14N4O4S/c1-9(2,3)17-8(16)12-7-11-5(13-18-7)4(10)6(14)15/h4H,10H2,1-3H3,(H,14,15)(H,11,12,13,16). The Morgan fingerprint density at radius 2 is 2.11 bits per heavy atom. The highest BCUT2D eigenvalue weighted by Gasteiger charge is 2.21. The average Bonchev–Trinajstić information content (AvgIpc) is 2.61. The second kappa shape index (κ2) is 5.27. The highest BCUT2D eigenvalue weighted by molar-refractivity contribution is 7.09. The van der Waals surface area contributed by atoms with Crippen molar-refractivity contribution in [2.24, 2.45) is 5.73 Å². The van der Waals surface area contributed by atoms with Gasteiger partial charge in [-0.05, 0) is 20.8 Å². The SMILES string of the molecule is CC(C)(C)OC(=O)Nc1nc(C(N)C(=O)O)ns1. The van der Waals surface area contributed by atoms with Gasteiger partial charge in [0, 0.05) is 11.5 Å². The topological polar surface area (TPSA) is 127 Å². The van der Waals surface area contributed by atoms with Crippen molar-refractivity contribution in [1.82, 2.24) is 9.36 Å². The molecule has 0 radical (unpaired) electrons. The number of carbonyl (C=O) groups is 2. The fourth-order valence-corrected chi connectivity index (χ4v) is 1.51. The molecule has 0 aromatic carbocycles. The Labute approximate surface area is 107 Å². The third-order valence-corrected chi connectivity index (χ3v) is 2.24. The molecule has 100 valence electrons. The van der Waals surface area contributed by atoms with Crippen molar-refractivity contribution in [2.45, 2.75) is 32.4 Å². The van der Waals surface area contributed by atoms with Gasteiger partial charge in [0.25, 0.3) is 0 Å². The summed E-state index contributed by atoms with van der Waals surface area (Å²) in [6, 6.07) is -1.31. The molecule has 0 aliphatic heterocycles. The minimum Gasteiger partial charge on any atom is -0.480 e. The van der Waals surface area contributed by atoms with E-state index in [1.165, 1.54) is 0 Å². The first kappa shape index (κ1) is 14.3. The van der Waals surface area contributed by atoms with E-state index in [2.05, 4.69) is 14.7 Å². The summed E-state index contributed by atoms with van der Waals surface area (Å²) in [7, 11) is 0. The predicted molar refractivity (Wildman–Crippen MR) is 64.3 cm³/mol. The molecule has 0 aliphatic rings. The van der Waals surface area contributed by atoms with E-state index in [-0.39, 0.29) is 11.0 Å². The van der Waals surface area contributed by atoms with Crippen LogP contribution in [-0.2, 0) is 9.53 Å². The van der Waals surface area contributed by atoms with Gasteiger partial charge in [-0.25, -0.2) is 9.78 Å². The van der Waals surface area contributed by atoms with Gasteiger partial charge < -0.3 is 15.6 Å². The van der Waals surface area contributed by atoms with Crippen molar-refractivity contribution < 1.29 is 19.4 Å². The van der Waals surface area contributed by atoms with E-state index in [1.54, 1.807) is 20.8 Å². The number of aromatic nitrogens is 2. The predicted octanol–water partition coefficient (Wildman–Crippen LogP) is 0.969. The number of carbonyl (C=O) groups excluding carboxylic acids is 1. The van der Waals surface area contributed by atoms with Crippen LogP contribution in [0.15, 0.2) is 0 Å². The second-order valence-corrected chi connectivity index (χ2v) is 5.15. The summed E-state index contributed by atoms with van der Waals surface area (Å²) in [6.07, 6.45) is -0.686. The fraction of sp³-hybridized carbons (Fsp3) is 0.556. The molecule has 1 atom stereocenters. The number of ether oxygens (including phenoxy) is 1. The molecule has 1 rings (SSSR count). The Balaban J connectivity index is 2.65. The van der Waals surface area contributed by atoms with Gasteiger partial charge in [-0.3, -0.25) is 10.1 Å². The van der Waals surface area contributed by atoms with Gasteiger partial charge in [0.2, 0.25) is 5.13 Å². The van der Waals surface area contributed by atoms with E-state index < -0.39 is 23.7 Å². The molecule has 8 nitrogen and oxygen atoms in total. The third-order valence-electron chi connectivity index (χ3n) is 1.59. The summed E-state index contributed by atoms with van der Waals surface area (Å²) in [5.41, 5.74) is 4.69. The first-order valence-electron chi connectivity index (χ1n) is 5.01. The van der Waals surface area contributed by atoms with E-state index >= 15 is 0 Å². The van der Waals surface area contributed by atoms with E-state index in [9.17, 15) is 9.59 Å². The maximum Gasteiger partial charge on any atom is 0.414 e. The van der Waals surface area contributed by atoms with Crippen LogP contribution in [0.25, 0.3) is 0 Å². The Bertz CT molecular complexity index is 454. The van der Waals surface area contributed by atoms with Gasteiger partial charge in [0.15, 0.2) is 11.9 Å². The number of nitrogens with one attached hydrogen (secondary N) is 1. The van der Waals surface area contributed by atoms with E-state index in [1.807, 2.05) is 0 Å². The summed E-state index contributed by atoms with van der Waals surface area (Å²) in [5.74, 6) is -1.30. The lowest BCUT2D eigenvalue weighted by molar-refractivity contribution is -0.138.